The van der Waals surface area contributed by atoms with Crippen molar-refractivity contribution in [2.45, 2.75) is 65.3 Å². The summed E-state index contributed by atoms with van der Waals surface area (Å²) in [6.45, 7) is 11.8. The normalized spacial score (nSPS) is 42.7. The van der Waals surface area contributed by atoms with Crippen LogP contribution >= 0.6 is 0 Å². The summed E-state index contributed by atoms with van der Waals surface area (Å²) in [5.74, 6) is 1.76. The highest BCUT2D eigenvalue weighted by Crippen LogP contribution is 2.73. The molecule has 152 valence electrons. The maximum absolute atomic E-state index is 10.9. The number of aliphatic hydroxyl groups is 3. The molecule has 0 aromatic heterocycles. The Labute approximate surface area is 162 Å². The van der Waals surface area contributed by atoms with E-state index in [1.54, 1.807) is 6.92 Å². The molecule has 0 radical (unpaired) electrons. The average Bonchev–Trinajstić information content (AvgIpc) is 3.04. The highest BCUT2D eigenvalue weighted by atomic mass is 16.5. The van der Waals surface area contributed by atoms with E-state index in [-0.39, 0.29) is 30.0 Å². The molecule has 0 spiro atoms. The van der Waals surface area contributed by atoms with Crippen molar-refractivity contribution in [1.29, 1.82) is 0 Å². The van der Waals surface area contributed by atoms with Crippen LogP contribution in [0.2, 0.25) is 0 Å². The summed E-state index contributed by atoms with van der Waals surface area (Å²) in [7, 11) is 0. The monoisotopic (exact) mass is 378 g/mol. The van der Waals surface area contributed by atoms with E-state index in [0.717, 1.165) is 0 Å². The Morgan fingerprint density at radius 2 is 2.00 bits per heavy atom. The van der Waals surface area contributed by atoms with E-state index in [0.29, 0.717) is 41.2 Å². The topological polar surface area (TPSA) is 87.0 Å². The van der Waals surface area contributed by atoms with Gasteiger partial charge < -0.3 is 20.1 Å². The average molecular weight is 379 g/mol. The van der Waals surface area contributed by atoms with Crippen molar-refractivity contribution >= 4 is 5.97 Å². The van der Waals surface area contributed by atoms with Crippen LogP contribution in [0.25, 0.3) is 0 Å². The van der Waals surface area contributed by atoms with Gasteiger partial charge in [-0.15, -0.1) is 0 Å². The molecule has 0 aromatic carbocycles. The van der Waals surface area contributed by atoms with E-state index in [2.05, 4.69) is 20.4 Å². The van der Waals surface area contributed by atoms with Gasteiger partial charge in [-0.3, -0.25) is 4.79 Å². The molecule has 0 aromatic rings. The second-order valence-corrected chi connectivity index (χ2v) is 9.29. The number of rotatable bonds is 6. The van der Waals surface area contributed by atoms with E-state index in [9.17, 15) is 20.1 Å². The van der Waals surface area contributed by atoms with Gasteiger partial charge in [0.2, 0.25) is 0 Å². The van der Waals surface area contributed by atoms with Crippen molar-refractivity contribution in [2.24, 2.45) is 35.0 Å². The first kappa shape index (κ1) is 20.6. The zero-order valence-electron chi connectivity index (χ0n) is 16.9. The van der Waals surface area contributed by atoms with Crippen LogP contribution in [0.1, 0.15) is 47.0 Å². The Morgan fingerprint density at radius 1 is 1.33 bits per heavy atom. The number of hydrogen-bond acceptors (Lipinski definition) is 5. The first-order chi connectivity index (χ1) is 12.6. The zero-order valence-corrected chi connectivity index (χ0v) is 16.9. The van der Waals surface area contributed by atoms with Crippen LogP contribution in [0.3, 0.4) is 0 Å². The molecule has 3 aliphatic rings. The first-order valence-corrected chi connectivity index (χ1v) is 10.1. The maximum Gasteiger partial charge on any atom is 0.302 e. The van der Waals surface area contributed by atoms with Crippen molar-refractivity contribution in [3.05, 3.63) is 23.8 Å². The van der Waals surface area contributed by atoms with Gasteiger partial charge in [-0.1, -0.05) is 32.9 Å². The minimum Gasteiger partial charge on any atom is -0.461 e. The number of aliphatic hydroxyl groups excluding tert-OH is 3. The predicted octanol–water partition coefficient (Wildman–Crippen LogP) is 2.45. The molecule has 27 heavy (non-hydrogen) atoms. The molecule has 5 nitrogen and oxygen atoms in total. The molecular formula is C22H34O5. The van der Waals surface area contributed by atoms with Gasteiger partial charge in [0.1, 0.15) is 18.8 Å². The van der Waals surface area contributed by atoms with E-state index in [1.165, 1.54) is 25.8 Å². The number of esters is 1. The second-order valence-electron chi connectivity index (χ2n) is 9.29. The molecule has 0 heterocycles. The number of carbonyl (C=O) groups is 1. The molecule has 3 saturated carbocycles. The smallest absolute Gasteiger partial charge is 0.302 e. The lowest BCUT2D eigenvalue weighted by molar-refractivity contribution is -0.144. The van der Waals surface area contributed by atoms with Crippen molar-refractivity contribution in [1.82, 2.24) is 0 Å². The molecular weight excluding hydrogens is 344 g/mol. The molecule has 0 saturated heterocycles. The molecule has 0 bridgehead atoms. The molecule has 0 amide bonds. The quantitative estimate of drug-likeness (QED) is 0.488. The third kappa shape index (κ3) is 3.28. The Morgan fingerprint density at radius 3 is 2.63 bits per heavy atom. The lowest BCUT2D eigenvalue weighted by Gasteiger charge is -2.58. The summed E-state index contributed by atoms with van der Waals surface area (Å²) in [6.07, 6.45) is 1.95. The summed E-state index contributed by atoms with van der Waals surface area (Å²) in [5.41, 5.74) is 1.20. The SMILES string of the molecule is C=C(C(O)C(O)C=C(C)COC(C)=O)C1CC(O)C2(C)C3CCC(C)C3C12. The van der Waals surface area contributed by atoms with Gasteiger partial charge in [0.25, 0.3) is 0 Å². The Kier molecular flexibility index (Phi) is 5.59. The second kappa shape index (κ2) is 7.34. The minimum atomic E-state index is -1.10. The van der Waals surface area contributed by atoms with Gasteiger partial charge in [0.05, 0.1) is 6.10 Å². The summed E-state index contributed by atoms with van der Waals surface area (Å²) in [4.78, 5) is 10.9. The third-order valence-corrected chi connectivity index (χ3v) is 7.75. The van der Waals surface area contributed by atoms with Crippen LogP contribution < -0.4 is 0 Å². The zero-order chi connectivity index (χ0) is 20.1. The molecule has 9 atom stereocenters. The lowest BCUT2D eigenvalue weighted by Crippen LogP contribution is -2.57. The summed E-state index contributed by atoms with van der Waals surface area (Å²) in [6, 6.07) is 0. The summed E-state index contributed by atoms with van der Waals surface area (Å²) < 4.78 is 4.92. The Bertz CT molecular complexity index is 641. The van der Waals surface area contributed by atoms with Gasteiger partial charge in [-0.05, 0) is 60.5 Å². The highest BCUT2D eigenvalue weighted by Gasteiger charge is 2.70. The van der Waals surface area contributed by atoms with Crippen LogP contribution in [0.5, 0.6) is 0 Å². The molecule has 5 heteroatoms. The van der Waals surface area contributed by atoms with Gasteiger partial charge >= 0.3 is 5.97 Å². The summed E-state index contributed by atoms with van der Waals surface area (Å²) >= 11 is 0. The highest BCUT2D eigenvalue weighted by molar-refractivity contribution is 5.66. The molecule has 0 aliphatic heterocycles. The lowest BCUT2D eigenvalue weighted by atomic mass is 9.46. The first-order valence-electron chi connectivity index (χ1n) is 10.1. The minimum absolute atomic E-state index is 0.0265. The maximum atomic E-state index is 10.9. The van der Waals surface area contributed by atoms with Crippen molar-refractivity contribution in [3.8, 4) is 0 Å². The third-order valence-electron chi connectivity index (χ3n) is 7.75. The van der Waals surface area contributed by atoms with Crippen LogP contribution in [-0.4, -0.2) is 46.2 Å². The molecule has 9 unspecified atom stereocenters. The largest absolute Gasteiger partial charge is 0.461 e. The van der Waals surface area contributed by atoms with E-state index in [4.69, 9.17) is 4.74 Å². The summed E-state index contributed by atoms with van der Waals surface area (Å²) in [5, 5.41) is 31.9. The number of fused-ring (bicyclic) bond motifs is 4. The number of hydrogen-bond donors (Lipinski definition) is 3. The van der Waals surface area contributed by atoms with Gasteiger partial charge in [0, 0.05) is 12.3 Å². The van der Waals surface area contributed by atoms with Gasteiger partial charge in [0.15, 0.2) is 0 Å². The van der Waals surface area contributed by atoms with Crippen LogP contribution in [0, 0.1) is 35.0 Å². The fourth-order valence-corrected chi connectivity index (χ4v) is 6.38. The molecule has 3 fully saturated rings. The van der Waals surface area contributed by atoms with E-state index in [1.807, 2.05) is 0 Å². The standard InChI is InChI=1S/C22H34O5/c1-11(10-27-14(4)23)8-17(24)21(26)13(3)15-9-18(25)22(5)16-7-6-12(2)19(16)20(15)22/h8,12,15-21,24-26H,3,6-7,9-10H2,1-2,4-5H3. The van der Waals surface area contributed by atoms with Crippen molar-refractivity contribution < 1.29 is 24.9 Å². The van der Waals surface area contributed by atoms with Crippen LogP contribution in [0.15, 0.2) is 23.8 Å². The molecule has 3 N–H and O–H groups in total. The van der Waals surface area contributed by atoms with E-state index >= 15 is 0 Å². The molecule has 3 aliphatic carbocycles. The number of carbonyl (C=O) groups excluding carboxylic acids is 1. The van der Waals surface area contributed by atoms with E-state index < -0.39 is 12.2 Å². The van der Waals surface area contributed by atoms with Gasteiger partial charge in [-0.2, -0.15) is 0 Å². The predicted molar refractivity (Wildman–Crippen MR) is 103 cm³/mol. The van der Waals surface area contributed by atoms with Crippen LogP contribution in [-0.2, 0) is 9.53 Å². The Hall–Kier alpha value is -1.17. The van der Waals surface area contributed by atoms with Crippen LogP contribution in [0.4, 0.5) is 0 Å². The number of ether oxygens (including phenoxy) is 1. The fourth-order valence-electron chi connectivity index (χ4n) is 6.38. The fraction of sp³-hybridized carbons (Fsp3) is 0.773. The van der Waals surface area contributed by atoms with Gasteiger partial charge in [-0.25, -0.2) is 0 Å². The Balaban J connectivity index is 1.70. The molecule has 3 rings (SSSR count). The van der Waals surface area contributed by atoms with Crippen molar-refractivity contribution in [2.75, 3.05) is 6.61 Å². The van der Waals surface area contributed by atoms with Crippen molar-refractivity contribution in [3.63, 3.8) is 0 Å².